The van der Waals surface area contributed by atoms with E-state index in [4.69, 9.17) is 0 Å². The molecule has 3 rings (SSSR count). The molecule has 1 saturated carbocycles. The van der Waals surface area contributed by atoms with E-state index in [1.165, 1.54) is 17.7 Å². The van der Waals surface area contributed by atoms with Crippen molar-refractivity contribution in [1.82, 2.24) is 4.98 Å². The third-order valence-electron chi connectivity index (χ3n) is 2.61. The van der Waals surface area contributed by atoms with Crippen molar-refractivity contribution in [1.29, 1.82) is 0 Å². The van der Waals surface area contributed by atoms with E-state index in [9.17, 15) is 4.79 Å². The number of rotatable bonds is 2. The van der Waals surface area contributed by atoms with Crippen LogP contribution >= 0.6 is 23.1 Å². The number of carbonyl (C=O) groups excluding carboxylic acids is 1. The quantitative estimate of drug-likeness (QED) is 0.741. The van der Waals surface area contributed by atoms with Crippen LogP contribution in [0.3, 0.4) is 0 Å². The van der Waals surface area contributed by atoms with Crippen LogP contribution in [0.4, 0.5) is 0 Å². The molecule has 15 heavy (non-hydrogen) atoms. The van der Waals surface area contributed by atoms with E-state index in [1.54, 1.807) is 23.1 Å². The van der Waals surface area contributed by atoms with E-state index in [-0.39, 0.29) is 5.91 Å². The summed E-state index contributed by atoms with van der Waals surface area (Å²) in [5, 5.41) is 0. The number of carbonyl (C=O) groups is 1. The third-order valence-corrected chi connectivity index (χ3v) is 4.72. The molecule has 0 aromatic carbocycles. The van der Waals surface area contributed by atoms with Crippen LogP contribution in [0.1, 0.15) is 23.4 Å². The van der Waals surface area contributed by atoms with Gasteiger partial charge in [0.1, 0.15) is 0 Å². The summed E-state index contributed by atoms with van der Waals surface area (Å²) in [4.78, 5) is 21.2. The Kier molecular flexibility index (Phi) is 2.17. The second kappa shape index (κ2) is 3.42. The largest absolute Gasteiger partial charge is 0.272 e. The Morgan fingerprint density at radius 3 is 2.93 bits per heavy atom. The van der Waals surface area contributed by atoms with Gasteiger partial charge in [0.15, 0.2) is 4.34 Å². The van der Waals surface area contributed by atoms with Gasteiger partial charge in [-0.05, 0) is 19.1 Å². The number of thiazole rings is 1. The van der Waals surface area contributed by atoms with Crippen LogP contribution in [0.2, 0.25) is 0 Å². The van der Waals surface area contributed by atoms with Crippen molar-refractivity contribution in [2.24, 2.45) is 10.9 Å². The highest BCUT2D eigenvalue weighted by Gasteiger charge is 2.34. The summed E-state index contributed by atoms with van der Waals surface area (Å²) in [6.07, 6.45) is 4.76. The Morgan fingerprint density at radius 2 is 2.27 bits per heavy atom. The fourth-order valence-electron chi connectivity index (χ4n) is 1.74. The Balaban J connectivity index is 2.08. The number of hydrogen-bond donors (Lipinski definition) is 0. The number of thioether (sulfide) groups is 1. The minimum atomic E-state index is -0.0256. The van der Waals surface area contributed by atoms with Gasteiger partial charge in [-0.3, -0.25) is 4.79 Å². The smallest absolute Gasteiger partial charge is 0.252 e. The van der Waals surface area contributed by atoms with Crippen LogP contribution in [0.15, 0.2) is 9.33 Å². The Bertz CT molecular complexity index is 460. The van der Waals surface area contributed by atoms with Gasteiger partial charge >= 0.3 is 0 Å². The lowest BCUT2D eigenvalue weighted by Gasteiger charge is -2.08. The van der Waals surface area contributed by atoms with Gasteiger partial charge in [-0.15, -0.1) is 11.3 Å². The van der Waals surface area contributed by atoms with Crippen LogP contribution in [0.5, 0.6) is 0 Å². The number of hydrogen-bond acceptors (Lipinski definition) is 4. The van der Waals surface area contributed by atoms with E-state index < -0.39 is 0 Å². The summed E-state index contributed by atoms with van der Waals surface area (Å²) in [5.74, 6) is 0.505. The summed E-state index contributed by atoms with van der Waals surface area (Å²) >= 11 is 3.32. The van der Waals surface area contributed by atoms with Crippen molar-refractivity contribution >= 4 is 34.7 Å². The van der Waals surface area contributed by atoms with Crippen LogP contribution in [-0.4, -0.2) is 22.9 Å². The molecule has 2 heterocycles. The van der Waals surface area contributed by atoms with Crippen molar-refractivity contribution in [2.75, 3.05) is 6.26 Å². The fourth-order valence-corrected chi connectivity index (χ4v) is 3.41. The average Bonchev–Trinajstić information content (AvgIpc) is 2.97. The SMILES string of the molecule is CSc1nc2c(s1)C(C1CC1)=NC(=O)C2. The molecular weight excluding hydrogens is 228 g/mol. The van der Waals surface area contributed by atoms with E-state index in [2.05, 4.69) is 9.98 Å². The monoisotopic (exact) mass is 238 g/mol. The molecule has 1 aliphatic heterocycles. The van der Waals surface area contributed by atoms with E-state index in [0.29, 0.717) is 12.3 Å². The molecule has 3 nitrogen and oxygen atoms in total. The Hall–Kier alpha value is -0.680. The Morgan fingerprint density at radius 1 is 1.47 bits per heavy atom. The number of fused-ring (bicyclic) bond motifs is 1. The van der Waals surface area contributed by atoms with Gasteiger partial charge < -0.3 is 0 Å². The molecule has 0 N–H and O–H groups in total. The maximum atomic E-state index is 11.4. The van der Waals surface area contributed by atoms with Crippen molar-refractivity contribution in [3.8, 4) is 0 Å². The van der Waals surface area contributed by atoms with Gasteiger partial charge in [-0.2, -0.15) is 0 Å². The minimum Gasteiger partial charge on any atom is -0.272 e. The summed E-state index contributed by atoms with van der Waals surface area (Å²) in [5.41, 5.74) is 1.96. The average molecular weight is 238 g/mol. The highest BCUT2D eigenvalue weighted by molar-refractivity contribution is 8.00. The summed E-state index contributed by atoms with van der Waals surface area (Å²) in [6, 6.07) is 0. The lowest BCUT2D eigenvalue weighted by Crippen LogP contribution is -2.16. The summed E-state index contributed by atoms with van der Waals surface area (Å²) in [6.45, 7) is 0. The molecule has 0 saturated heterocycles. The predicted octanol–water partition coefficient (Wildman–Crippen LogP) is 2.15. The molecule has 0 atom stereocenters. The second-order valence-corrected chi connectivity index (χ2v) is 5.85. The normalized spacial score (nSPS) is 20.1. The van der Waals surface area contributed by atoms with Crippen molar-refractivity contribution in [3.05, 3.63) is 10.6 Å². The third kappa shape index (κ3) is 1.63. The van der Waals surface area contributed by atoms with Crippen LogP contribution in [-0.2, 0) is 11.2 Å². The summed E-state index contributed by atoms with van der Waals surface area (Å²) in [7, 11) is 0. The first-order chi connectivity index (χ1) is 7.28. The van der Waals surface area contributed by atoms with Gasteiger partial charge in [0.05, 0.1) is 22.7 Å². The molecule has 5 heteroatoms. The maximum Gasteiger partial charge on any atom is 0.252 e. The molecule has 0 unspecified atom stereocenters. The van der Waals surface area contributed by atoms with E-state index in [1.807, 2.05) is 6.26 Å². The van der Waals surface area contributed by atoms with Gasteiger partial charge in [0.2, 0.25) is 0 Å². The molecule has 1 amide bonds. The molecule has 1 aromatic heterocycles. The fraction of sp³-hybridized carbons (Fsp3) is 0.500. The van der Waals surface area contributed by atoms with E-state index in [0.717, 1.165) is 15.7 Å². The van der Waals surface area contributed by atoms with Crippen LogP contribution in [0.25, 0.3) is 0 Å². The lowest BCUT2D eigenvalue weighted by molar-refractivity contribution is -0.117. The zero-order chi connectivity index (χ0) is 10.4. The lowest BCUT2D eigenvalue weighted by atomic mass is 10.1. The first kappa shape index (κ1) is 9.54. The standard InChI is InChI=1S/C10H10N2OS2/c1-14-10-11-6-4-7(13)12-8(5-2-3-5)9(6)15-10/h5H,2-4H2,1H3. The molecule has 1 aliphatic carbocycles. The predicted molar refractivity (Wildman–Crippen MR) is 61.9 cm³/mol. The van der Waals surface area contributed by atoms with Gasteiger partial charge in [-0.25, -0.2) is 9.98 Å². The molecule has 1 aromatic rings. The van der Waals surface area contributed by atoms with Gasteiger partial charge in [0.25, 0.3) is 5.91 Å². The van der Waals surface area contributed by atoms with Crippen LogP contribution in [0, 0.1) is 5.92 Å². The molecule has 0 spiro atoms. The van der Waals surface area contributed by atoms with Crippen molar-refractivity contribution < 1.29 is 4.79 Å². The molecular formula is C10H10N2OS2. The van der Waals surface area contributed by atoms with Crippen molar-refractivity contribution in [2.45, 2.75) is 23.6 Å². The zero-order valence-corrected chi connectivity index (χ0v) is 9.95. The van der Waals surface area contributed by atoms with E-state index >= 15 is 0 Å². The van der Waals surface area contributed by atoms with Crippen LogP contribution < -0.4 is 0 Å². The summed E-state index contributed by atoms with van der Waals surface area (Å²) < 4.78 is 1.04. The number of nitrogens with zero attached hydrogens (tertiary/aromatic N) is 2. The molecule has 78 valence electrons. The highest BCUT2D eigenvalue weighted by atomic mass is 32.2. The Labute approximate surface area is 96.0 Å². The van der Waals surface area contributed by atoms with Gasteiger partial charge in [0, 0.05) is 5.92 Å². The number of aromatic nitrogens is 1. The first-order valence-electron chi connectivity index (χ1n) is 4.93. The first-order valence-corrected chi connectivity index (χ1v) is 6.97. The highest BCUT2D eigenvalue weighted by Crippen LogP contribution is 2.39. The second-order valence-electron chi connectivity index (χ2n) is 3.80. The van der Waals surface area contributed by atoms with Crippen molar-refractivity contribution in [3.63, 3.8) is 0 Å². The zero-order valence-electron chi connectivity index (χ0n) is 8.32. The van der Waals surface area contributed by atoms with Gasteiger partial charge in [-0.1, -0.05) is 11.8 Å². The molecule has 1 fully saturated rings. The molecule has 0 bridgehead atoms. The topological polar surface area (TPSA) is 42.3 Å². The molecule has 0 radical (unpaired) electrons. The molecule has 2 aliphatic rings. The maximum absolute atomic E-state index is 11.4. The number of aliphatic imine (C=N–C) groups is 1. The number of amides is 1. The minimum absolute atomic E-state index is 0.0256.